The summed E-state index contributed by atoms with van der Waals surface area (Å²) in [6, 6.07) is 2.85. The van der Waals surface area contributed by atoms with Gasteiger partial charge in [0.25, 0.3) is 11.5 Å². The van der Waals surface area contributed by atoms with Gasteiger partial charge in [0.2, 0.25) is 17.6 Å². The molecule has 2 saturated carbocycles. The second kappa shape index (κ2) is 11.6. The van der Waals surface area contributed by atoms with Crippen molar-refractivity contribution in [3.8, 4) is 0 Å². The summed E-state index contributed by atoms with van der Waals surface area (Å²) in [5, 5.41) is 8.20. The molecular formula is C26H36N4O5. The molecular weight excluding hydrogens is 448 g/mol. The van der Waals surface area contributed by atoms with Crippen LogP contribution in [0.3, 0.4) is 0 Å². The van der Waals surface area contributed by atoms with Crippen LogP contribution < -0.4 is 21.5 Å². The summed E-state index contributed by atoms with van der Waals surface area (Å²) in [6.07, 6.45) is 10.1. The molecule has 9 heteroatoms. The second-order valence-corrected chi connectivity index (χ2v) is 10.3. The van der Waals surface area contributed by atoms with Crippen molar-refractivity contribution in [1.82, 2.24) is 20.5 Å². The van der Waals surface area contributed by atoms with E-state index in [4.69, 9.17) is 0 Å². The predicted molar refractivity (Wildman–Crippen MR) is 129 cm³/mol. The lowest BCUT2D eigenvalue weighted by atomic mass is 9.84. The Bertz CT molecular complexity index is 995. The van der Waals surface area contributed by atoms with E-state index in [-0.39, 0.29) is 17.9 Å². The smallest absolute Gasteiger partial charge is 0.289 e. The highest BCUT2D eigenvalue weighted by Crippen LogP contribution is 2.31. The number of nitrogens with one attached hydrogen (secondary N) is 3. The van der Waals surface area contributed by atoms with Crippen LogP contribution in [-0.2, 0) is 19.2 Å². The van der Waals surface area contributed by atoms with Crippen molar-refractivity contribution >= 4 is 23.5 Å². The number of pyridine rings is 1. The zero-order valence-electron chi connectivity index (χ0n) is 20.2. The van der Waals surface area contributed by atoms with Gasteiger partial charge in [-0.3, -0.25) is 24.0 Å². The number of Topliss-reactive ketones (excluding diaryl/α,β-unsaturated/α-hetero) is 1. The van der Waals surface area contributed by atoms with Crippen molar-refractivity contribution < 1.29 is 19.2 Å². The molecule has 2 aliphatic carbocycles. The zero-order chi connectivity index (χ0) is 24.8. The third-order valence-electron chi connectivity index (χ3n) is 7.56. The van der Waals surface area contributed by atoms with Crippen molar-refractivity contribution in [3.05, 3.63) is 34.7 Å². The van der Waals surface area contributed by atoms with Gasteiger partial charge >= 0.3 is 0 Å². The van der Waals surface area contributed by atoms with Gasteiger partial charge in [0.1, 0.15) is 6.04 Å². The number of carbonyl (C=O) groups is 4. The van der Waals surface area contributed by atoms with Crippen LogP contribution in [0.2, 0.25) is 0 Å². The molecule has 35 heavy (non-hydrogen) atoms. The number of hydrogen-bond donors (Lipinski definition) is 3. The van der Waals surface area contributed by atoms with Crippen molar-refractivity contribution in [1.29, 1.82) is 0 Å². The Balaban J connectivity index is 1.52. The van der Waals surface area contributed by atoms with Gasteiger partial charge in [0.05, 0.1) is 6.04 Å². The zero-order valence-corrected chi connectivity index (χ0v) is 20.2. The van der Waals surface area contributed by atoms with Crippen LogP contribution in [0.1, 0.15) is 70.3 Å². The van der Waals surface area contributed by atoms with E-state index in [1.165, 1.54) is 17.1 Å². The lowest BCUT2D eigenvalue weighted by molar-refractivity contribution is -0.141. The Hall–Kier alpha value is -2.97. The second-order valence-electron chi connectivity index (χ2n) is 10.3. The maximum absolute atomic E-state index is 13.6. The molecule has 190 valence electrons. The van der Waals surface area contributed by atoms with E-state index in [0.29, 0.717) is 37.8 Å². The fourth-order valence-electron chi connectivity index (χ4n) is 5.24. The molecule has 3 unspecified atom stereocenters. The summed E-state index contributed by atoms with van der Waals surface area (Å²) in [4.78, 5) is 64.1. The molecule has 0 radical (unpaired) electrons. The lowest BCUT2D eigenvalue weighted by Gasteiger charge is -2.28. The first-order valence-corrected chi connectivity index (χ1v) is 13.0. The van der Waals surface area contributed by atoms with Crippen LogP contribution >= 0.6 is 0 Å². The normalized spacial score (nSPS) is 22.2. The molecule has 1 aromatic rings. The van der Waals surface area contributed by atoms with Crippen LogP contribution in [0.15, 0.2) is 29.2 Å². The molecule has 3 amide bonds. The summed E-state index contributed by atoms with van der Waals surface area (Å²) in [5.41, 5.74) is -0.288. The van der Waals surface area contributed by atoms with E-state index in [1.807, 2.05) is 0 Å². The highest BCUT2D eigenvalue weighted by atomic mass is 16.2. The largest absolute Gasteiger partial charge is 0.356 e. The molecule has 4 rings (SSSR count). The minimum atomic E-state index is -1.12. The van der Waals surface area contributed by atoms with E-state index in [2.05, 4.69) is 16.0 Å². The molecule has 0 spiro atoms. The number of amides is 3. The maximum atomic E-state index is 13.6. The number of nitrogens with zero attached hydrogens (tertiary/aromatic N) is 1. The molecule has 3 atom stereocenters. The van der Waals surface area contributed by atoms with Crippen LogP contribution in [0, 0.1) is 17.8 Å². The van der Waals surface area contributed by atoms with E-state index < -0.39 is 35.6 Å². The van der Waals surface area contributed by atoms with Gasteiger partial charge in [0, 0.05) is 31.3 Å². The van der Waals surface area contributed by atoms with Crippen LogP contribution in [0.5, 0.6) is 0 Å². The number of aromatic nitrogens is 1. The van der Waals surface area contributed by atoms with E-state index in [9.17, 15) is 24.0 Å². The number of hydrogen-bond acceptors (Lipinski definition) is 5. The minimum Gasteiger partial charge on any atom is -0.356 e. The molecule has 1 saturated heterocycles. The topological polar surface area (TPSA) is 126 Å². The van der Waals surface area contributed by atoms with Gasteiger partial charge in [-0.15, -0.1) is 0 Å². The minimum absolute atomic E-state index is 0.0626. The molecule has 1 aliphatic heterocycles. The highest BCUT2D eigenvalue weighted by Gasteiger charge is 2.36. The fourth-order valence-corrected chi connectivity index (χ4v) is 5.24. The van der Waals surface area contributed by atoms with Gasteiger partial charge < -0.3 is 20.5 Å². The van der Waals surface area contributed by atoms with Crippen molar-refractivity contribution in [2.75, 3.05) is 13.1 Å². The Morgan fingerprint density at radius 1 is 0.971 bits per heavy atom. The van der Waals surface area contributed by atoms with Gasteiger partial charge in [0.15, 0.2) is 0 Å². The number of carbonyl (C=O) groups excluding carboxylic acids is 4. The first kappa shape index (κ1) is 25.1. The predicted octanol–water partition coefficient (Wildman–Crippen LogP) is 1.47. The molecule has 9 nitrogen and oxygen atoms in total. The fraction of sp³-hybridized carbons (Fsp3) is 0.654. The molecule has 1 aromatic heterocycles. The Morgan fingerprint density at radius 3 is 2.40 bits per heavy atom. The molecule has 0 aromatic carbocycles. The molecule has 3 aliphatic rings. The van der Waals surface area contributed by atoms with Gasteiger partial charge in [-0.1, -0.05) is 38.2 Å². The van der Waals surface area contributed by atoms with E-state index >= 15 is 0 Å². The average Bonchev–Trinajstić information content (AvgIpc) is 3.61. The van der Waals surface area contributed by atoms with Gasteiger partial charge in [-0.05, 0) is 50.0 Å². The molecule has 0 bridgehead atoms. The summed E-state index contributed by atoms with van der Waals surface area (Å²) >= 11 is 0. The Kier molecular flexibility index (Phi) is 8.36. The van der Waals surface area contributed by atoms with Gasteiger partial charge in [-0.2, -0.15) is 0 Å². The molecule has 3 N–H and O–H groups in total. The quantitative estimate of drug-likeness (QED) is 0.410. The average molecular weight is 485 g/mol. The van der Waals surface area contributed by atoms with Crippen LogP contribution in [0.25, 0.3) is 0 Å². The van der Waals surface area contributed by atoms with Crippen LogP contribution in [0.4, 0.5) is 0 Å². The summed E-state index contributed by atoms with van der Waals surface area (Å²) in [6.45, 7) is 0.953. The standard InChI is InChI=1S/C26H36N4O5/c31-22-8-4-5-13-30(22)21(14-17-6-2-1-3-7-17)25(34)29-20(15-19-11-12-27-24(19)33)23(32)26(35)28-16-18-9-10-18/h4-5,8,13,17-21H,1-3,6-7,9-12,14-16H2,(H,27,33)(H,28,35)(H,29,34). The Labute approximate surface area is 205 Å². The van der Waals surface area contributed by atoms with Crippen molar-refractivity contribution in [3.63, 3.8) is 0 Å². The van der Waals surface area contributed by atoms with Crippen molar-refractivity contribution in [2.24, 2.45) is 17.8 Å². The lowest BCUT2D eigenvalue weighted by Crippen LogP contribution is -2.51. The Morgan fingerprint density at radius 2 is 1.74 bits per heavy atom. The molecule has 2 heterocycles. The summed E-state index contributed by atoms with van der Waals surface area (Å²) in [7, 11) is 0. The van der Waals surface area contributed by atoms with E-state index in [1.54, 1.807) is 18.3 Å². The first-order chi connectivity index (χ1) is 16.9. The number of ketones is 1. The first-order valence-electron chi connectivity index (χ1n) is 13.0. The summed E-state index contributed by atoms with van der Waals surface area (Å²) in [5.74, 6) is -1.84. The maximum Gasteiger partial charge on any atom is 0.289 e. The van der Waals surface area contributed by atoms with Gasteiger partial charge in [-0.25, -0.2) is 0 Å². The van der Waals surface area contributed by atoms with Crippen LogP contribution in [-0.4, -0.2) is 47.2 Å². The SMILES string of the molecule is O=C(NCC1CC1)C(=O)C(CC1CCNC1=O)NC(=O)C(CC1CCCCC1)n1ccccc1=O. The van der Waals surface area contributed by atoms with Crippen molar-refractivity contribution in [2.45, 2.75) is 76.3 Å². The summed E-state index contributed by atoms with van der Waals surface area (Å²) < 4.78 is 1.42. The third-order valence-corrected chi connectivity index (χ3v) is 7.56. The van der Waals surface area contributed by atoms with E-state index in [0.717, 1.165) is 38.5 Å². The molecule has 3 fully saturated rings. The third kappa shape index (κ3) is 6.80. The highest BCUT2D eigenvalue weighted by molar-refractivity contribution is 6.38. The number of rotatable bonds is 11. The monoisotopic (exact) mass is 484 g/mol.